The smallest absolute Gasteiger partial charge is 0.123 e. The second-order valence-corrected chi connectivity index (χ2v) is 4.31. The maximum absolute atomic E-state index is 13.0. The third kappa shape index (κ3) is 4.17. The van der Waals surface area contributed by atoms with Crippen molar-refractivity contribution in [2.24, 2.45) is 0 Å². The zero-order valence-electron chi connectivity index (χ0n) is 9.04. The molecular weight excluding hydrogens is 277 g/mol. The topological polar surface area (TPSA) is 41.5 Å². The largest absolute Gasteiger partial charge is 0.395 e. The van der Waals surface area contributed by atoms with Gasteiger partial charge in [-0.2, -0.15) is 0 Å². The van der Waals surface area contributed by atoms with Crippen LogP contribution in [0.3, 0.4) is 0 Å². The summed E-state index contributed by atoms with van der Waals surface area (Å²) in [6.07, 6.45) is 0. The molecule has 0 radical (unpaired) electrons. The first-order chi connectivity index (χ1) is 7.67. The molecule has 1 aromatic rings. The highest BCUT2D eigenvalue weighted by atomic mass is 79.9. The molecule has 0 heterocycles. The lowest BCUT2D eigenvalue weighted by Gasteiger charge is -2.15. The Morgan fingerprint density at radius 2 is 2.31 bits per heavy atom. The van der Waals surface area contributed by atoms with Crippen molar-refractivity contribution in [1.82, 2.24) is 5.32 Å². The Labute approximate surface area is 103 Å². The zero-order chi connectivity index (χ0) is 12.0. The maximum atomic E-state index is 13.0. The summed E-state index contributed by atoms with van der Waals surface area (Å²) in [5.74, 6) is -0.271. The van der Waals surface area contributed by atoms with Crippen LogP contribution in [0.1, 0.15) is 5.56 Å². The number of nitrogens with one attached hydrogen (secondary N) is 1. The number of benzene rings is 1. The highest BCUT2D eigenvalue weighted by molar-refractivity contribution is 9.10. The molecule has 16 heavy (non-hydrogen) atoms. The average molecular weight is 292 g/mol. The summed E-state index contributed by atoms with van der Waals surface area (Å²) in [5, 5.41) is 12.1. The second-order valence-electron chi connectivity index (χ2n) is 3.45. The third-order valence-electron chi connectivity index (χ3n) is 2.18. The minimum absolute atomic E-state index is 0.0131. The summed E-state index contributed by atoms with van der Waals surface area (Å²) < 4.78 is 18.8. The lowest BCUT2D eigenvalue weighted by Crippen LogP contribution is -2.36. The SMILES string of the molecule is COCC(CO)NCc1cc(F)ccc1Br. The van der Waals surface area contributed by atoms with E-state index in [1.165, 1.54) is 12.1 Å². The van der Waals surface area contributed by atoms with Gasteiger partial charge < -0.3 is 15.2 Å². The van der Waals surface area contributed by atoms with Crippen molar-refractivity contribution in [3.05, 3.63) is 34.1 Å². The van der Waals surface area contributed by atoms with E-state index in [1.54, 1.807) is 13.2 Å². The Morgan fingerprint density at radius 1 is 1.56 bits per heavy atom. The van der Waals surface area contributed by atoms with E-state index in [0.29, 0.717) is 13.2 Å². The van der Waals surface area contributed by atoms with E-state index in [2.05, 4.69) is 21.2 Å². The number of aliphatic hydroxyl groups is 1. The number of halogens is 2. The molecule has 0 aliphatic rings. The third-order valence-corrected chi connectivity index (χ3v) is 2.95. The molecule has 1 aromatic carbocycles. The Bertz CT molecular complexity index is 336. The molecule has 0 bridgehead atoms. The molecule has 0 amide bonds. The minimum Gasteiger partial charge on any atom is -0.395 e. The monoisotopic (exact) mass is 291 g/mol. The number of hydrogen-bond donors (Lipinski definition) is 2. The van der Waals surface area contributed by atoms with Crippen LogP contribution in [0.15, 0.2) is 22.7 Å². The van der Waals surface area contributed by atoms with Crippen LogP contribution in [0.5, 0.6) is 0 Å². The predicted octanol–water partition coefficient (Wildman–Crippen LogP) is 1.69. The molecule has 0 aliphatic heterocycles. The van der Waals surface area contributed by atoms with Gasteiger partial charge in [-0.1, -0.05) is 15.9 Å². The van der Waals surface area contributed by atoms with Gasteiger partial charge in [-0.05, 0) is 23.8 Å². The van der Waals surface area contributed by atoms with Crippen LogP contribution in [0, 0.1) is 5.82 Å². The van der Waals surface area contributed by atoms with Gasteiger partial charge in [0.2, 0.25) is 0 Å². The van der Waals surface area contributed by atoms with Gasteiger partial charge in [-0.15, -0.1) is 0 Å². The molecule has 90 valence electrons. The predicted molar refractivity (Wildman–Crippen MR) is 63.7 cm³/mol. The lowest BCUT2D eigenvalue weighted by molar-refractivity contribution is 0.128. The number of aliphatic hydroxyl groups excluding tert-OH is 1. The normalized spacial score (nSPS) is 12.8. The van der Waals surface area contributed by atoms with Gasteiger partial charge in [0, 0.05) is 18.1 Å². The van der Waals surface area contributed by atoms with Crippen molar-refractivity contribution in [2.75, 3.05) is 20.3 Å². The maximum Gasteiger partial charge on any atom is 0.123 e. The molecule has 0 fully saturated rings. The van der Waals surface area contributed by atoms with Gasteiger partial charge in [0.05, 0.1) is 19.3 Å². The van der Waals surface area contributed by atoms with Gasteiger partial charge in [-0.3, -0.25) is 0 Å². The van der Waals surface area contributed by atoms with Crippen LogP contribution < -0.4 is 5.32 Å². The highest BCUT2D eigenvalue weighted by Gasteiger charge is 2.08. The molecule has 0 aliphatic carbocycles. The number of ether oxygens (including phenoxy) is 1. The first kappa shape index (κ1) is 13.6. The van der Waals surface area contributed by atoms with E-state index in [1.807, 2.05) is 0 Å². The van der Waals surface area contributed by atoms with Crippen LogP contribution >= 0.6 is 15.9 Å². The number of hydrogen-bond acceptors (Lipinski definition) is 3. The first-order valence-corrected chi connectivity index (χ1v) is 5.73. The number of methoxy groups -OCH3 is 1. The molecule has 1 atom stereocenters. The minimum atomic E-state index is -0.271. The highest BCUT2D eigenvalue weighted by Crippen LogP contribution is 2.17. The van der Waals surface area contributed by atoms with Crippen molar-refractivity contribution in [1.29, 1.82) is 0 Å². The second kappa shape index (κ2) is 6.96. The quantitative estimate of drug-likeness (QED) is 0.838. The Hall–Kier alpha value is -0.490. The Kier molecular flexibility index (Phi) is 5.90. The molecule has 2 N–H and O–H groups in total. The molecular formula is C11H15BrFNO2. The van der Waals surface area contributed by atoms with Gasteiger partial charge in [0.25, 0.3) is 0 Å². The van der Waals surface area contributed by atoms with Crippen molar-refractivity contribution < 1.29 is 14.2 Å². The van der Waals surface area contributed by atoms with Crippen LogP contribution in [0.4, 0.5) is 4.39 Å². The van der Waals surface area contributed by atoms with Crippen molar-refractivity contribution in [3.63, 3.8) is 0 Å². The molecule has 0 spiro atoms. The van der Waals surface area contributed by atoms with E-state index in [4.69, 9.17) is 9.84 Å². The fraction of sp³-hybridized carbons (Fsp3) is 0.455. The fourth-order valence-electron chi connectivity index (χ4n) is 1.31. The van der Waals surface area contributed by atoms with Crippen LogP contribution in [-0.4, -0.2) is 31.5 Å². The van der Waals surface area contributed by atoms with E-state index < -0.39 is 0 Å². The summed E-state index contributed by atoms with van der Waals surface area (Å²) in [6, 6.07) is 4.38. The summed E-state index contributed by atoms with van der Waals surface area (Å²) in [5.41, 5.74) is 0.814. The standard InChI is InChI=1S/C11H15BrFNO2/c1-16-7-10(6-15)14-5-8-4-9(13)2-3-11(8)12/h2-4,10,14-15H,5-7H2,1H3. The molecule has 1 unspecified atom stereocenters. The Morgan fingerprint density at radius 3 is 2.94 bits per heavy atom. The van der Waals surface area contributed by atoms with E-state index in [-0.39, 0.29) is 18.5 Å². The summed E-state index contributed by atoms with van der Waals surface area (Å²) >= 11 is 3.34. The molecule has 0 saturated carbocycles. The van der Waals surface area contributed by atoms with Crippen molar-refractivity contribution in [2.45, 2.75) is 12.6 Å². The molecule has 0 aromatic heterocycles. The van der Waals surface area contributed by atoms with E-state index in [0.717, 1.165) is 10.0 Å². The average Bonchev–Trinajstić information content (AvgIpc) is 2.28. The molecule has 1 rings (SSSR count). The van der Waals surface area contributed by atoms with Crippen LogP contribution in [0.2, 0.25) is 0 Å². The summed E-state index contributed by atoms with van der Waals surface area (Å²) in [6.45, 7) is 0.886. The van der Waals surface area contributed by atoms with Gasteiger partial charge >= 0.3 is 0 Å². The molecule has 0 saturated heterocycles. The summed E-state index contributed by atoms with van der Waals surface area (Å²) in [4.78, 5) is 0. The van der Waals surface area contributed by atoms with E-state index >= 15 is 0 Å². The van der Waals surface area contributed by atoms with Crippen LogP contribution in [-0.2, 0) is 11.3 Å². The van der Waals surface area contributed by atoms with Gasteiger partial charge in [-0.25, -0.2) is 4.39 Å². The lowest BCUT2D eigenvalue weighted by atomic mass is 10.2. The van der Waals surface area contributed by atoms with Crippen molar-refractivity contribution >= 4 is 15.9 Å². The first-order valence-electron chi connectivity index (χ1n) is 4.94. The zero-order valence-corrected chi connectivity index (χ0v) is 10.6. The molecule has 5 heteroatoms. The number of rotatable bonds is 6. The van der Waals surface area contributed by atoms with E-state index in [9.17, 15) is 4.39 Å². The van der Waals surface area contributed by atoms with Gasteiger partial charge in [0.15, 0.2) is 0 Å². The summed E-state index contributed by atoms with van der Waals surface area (Å²) in [7, 11) is 1.57. The van der Waals surface area contributed by atoms with Crippen molar-refractivity contribution in [3.8, 4) is 0 Å². The van der Waals surface area contributed by atoms with Crippen LogP contribution in [0.25, 0.3) is 0 Å². The molecule has 3 nitrogen and oxygen atoms in total. The Balaban J connectivity index is 2.55. The van der Waals surface area contributed by atoms with Gasteiger partial charge in [0.1, 0.15) is 5.82 Å². The fourth-order valence-corrected chi connectivity index (χ4v) is 1.70.